The van der Waals surface area contributed by atoms with Gasteiger partial charge in [0.25, 0.3) is 5.91 Å². The molecule has 9 heteroatoms. The Morgan fingerprint density at radius 2 is 1.97 bits per heavy atom. The van der Waals surface area contributed by atoms with Gasteiger partial charge in [0, 0.05) is 24.8 Å². The number of carbonyl (C=O) groups is 1. The van der Waals surface area contributed by atoms with E-state index in [9.17, 15) is 9.18 Å². The normalized spacial score (nSPS) is 14.0. The molecule has 1 aromatic carbocycles. The number of pyridine rings is 1. The third-order valence-electron chi connectivity index (χ3n) is 5.06. The maximum Gasteiger partial charge on any atom is 0.259 e. The summed E-state index contributed by atoms with van der Waals surface area (Å²) in [6.07, 6.45) is 4.83. The van der Waals surface area contributed by atoms with E-state index in [0.29, 0.717) is 60.3 Å². The summed E-state index contributed by atoms with van der Waals surface area (Å²) in [5.74, 6) is -0.106. The molecule has 0 unspecified atom stereocenters. The van der Waals surface area contributed by atoms with Crippen LogP contribution in [-0.2, 0) is 4.74 Å². The second-order valence-electron chi connectivity index (χ2n) is 7.09. The van der Waals surface area contributed by atoms with Crippen LogP contribution in [0.4, 0.5) is 15.9 Å². The minimum atomic E-state index is -0.388. The highest BCUT2D eigenvalue weighted by Gasteiger charge is 2.21. The smallest absolute Gasteiger partial charge is 0.259 e. The molecular formula is C22H19FN6O2. The molecule has 1 saturated heterocycles. The van der Waals surface area contributed by atoms with Crippen molar-refractivity contribution in [2.24, 2.45) is 0 Å². The van der Waals surface area contributed by atoms with Crippen molar-refractivity contribution >= 4 is 23.1 Å². The minimum absolute atomic E-state index is 0.336. The van der Waals surface area contributed by atoms with Crippen LogP contribution in [-0.4, -0.2) is 51.8 Å². The molecule has 5 rings (SSSR count). The minimum Gasteiger partial charge on any atom is -0.378 e. The topological polar surface area (TPSA) is 84.7 Å². The molecule has 1 N–H and O–H groups in total. The largest absolute Gasteiger partial charge is 0.378 e. The third-order valence-corrected chi connectivity index (χ3v) is 5.06. The molecule has 156 valence electrons. The number of fused-ring (bicyclic) bond motifs is 1. The molecule has 3 aromatic heterocycles. The van der Waals surface area contributed by atoms with E-state index < -0.39 is 0 Å². The molecule has 31 heavy (non-hydrogen) atoms. The van der Waals surface area contributed by atoms with Gasteiger partial charge in [0.1, 0.15) is 5.82 Å². The van der Waals surface area contributed by atoms with Gasteiger partial charge in [-0.2, -0.15) is 0 Å². The zero-order valence-electron chi connectivity index (χ0n) is 16.5. The van der Waals surface area contributed by atoms with E-state index in [1.165, 1.54) is 10.6 Å². The highest BCUT2D eigenvalue weighted by atomic mass is 19.1. The number of morpholine rings is 1. The Labute approximate surface area is 177 Å². The molecule has 1 aliphatic rings. The zero-order chi connectivity index (χ0) is 21.2. The predicted octanol–water partition coefficient (Wildman–Crippen LogP) is 3.02. The van der Waals surface area contributed by atoms with E-state index in [4.69, 9.17) is 4.74 Å². The van der Waals surface area contributed by atoms with E-state index in [1.807, 2.05) is 4.90 Å². The number of benzene rings is 1. The SMILES string of the molecule is O=C(Nc1cccnc1)c1cc(N2CCOCC2)nn2cc(-c3ccccc3F)nc12. The van der Waals surface area contributed by atoms with Gasteiger partial charge in [-0.25, -0.2) is 13.9 Å². The lowest BCUT2D eigenvalue weighted by molar-refractivity contribution is 0.102. The molecule has 0 atom stereocenters. The van der Waals surface area contributed by atoms with E-state index in [-0.39, 0.29) is 11.7 Å². The number of ether oxygens (including phenoxy) is 1. The van der Waals surface area contributed by atoms with Crippen LogP contribution in [0.1, 0.15) is 10.4 Å². The van der Waals surface area contributed by atoms with Crippen LogP contribution in [0.25, 0.3) is 16.9 Å². The van der Waals surface area contributed by atoms with Crippen molar-refractivity contribution in [3.8, 4) is 11.3 Å². The molecule has 0 radical (unpaired) electrons. The summed E-state index contributed by atoms with van der Waals surface area (Å²) >= 11 is 0. The van der Waals surface area contributed by atoms with Crippen molar-refractivity contribution in [2.45, 2.75) is 0 Å². The van der Waals surface area contributed by atoms with Crippen molar-refractivity contribution in [2.75, 3.05) is 36.5 Å². The summed E-state index contributed by atoms with van der Waals surface area (Å²) in [4.78, 5) is 23.7. The maximum absolute atomic E-state index is 14.3. The monoisotopic (exact) mass is 418 g/mol. The zero-order valence-corrected chi connectivity index (χ0v) is 16.5. The van der Waals surface area contributed by atoms with E-state index in [0.717, 1.165) is 0 Å². The molecule has 0 saturated carbocycles. The summed E-state index contributed by atoms with van der Waals surface area (Å²) in [7, 11) is 0. The average Bonchev–Trinajstić information content (AvgIpc) is 3.24. The fourth-order valence-corrected chi connectivity index (χ4v) is 3.51. The van der Waals surface area contributed by atoms with Crippen molar-refractivity contribution in [3.05, 3.63) is 72.4 Å². The fraction of sp³-hybridized carbons (Fsp3) is 0.182. The number of hydrogen-bond donors (Lipinski definition) is 1. The number of nitrogens with zero attached hydrogens (tertiary/aromatic N) is 5. The molecule has 0 bridgehead atoms. The predicted molar refractivity (Wildman–Crippen MR) is 114 cm³/mol. The molecule has 1 fully saturated rings. The number of carbonyl (C=O) groups excluding carboxylic acids is 1. The first-order valence-electron chi connectivity index (χ1n) is 9.88. The van der Waals surface area contributed by atoms with Crippen LogP contribution in [0.5, 0.6) is 0 Å². The number of rotatable bonds is 4. The van der Waals surface area contributed by atoms with E-state index >= 15 is 0 Å². The number of hydrogen-bond acceptors (Lipinski definition) is 6. The molecule has 0 aliphatic carbocycles. The quantitative estimate of drug-likeness (QED) is 0.549. The lowest BCUT2D eigenvalue weighted by Gasteiger charge is -2.27. The standard InChI is InChI=1S/C22H19FN6O2/c23-18-6-2-1-5-16(18)19-14-29-21(26-19)17(22(30)25-15-4-3-7-24-13-15)12-20(27-29)28-8-10-31-11-9-28/h1-7,12-14H,8-11H2,(H,25,30). The van der Waals surface area contributed by atoms with Gasteiger partial charge in [0.2, 0.25) is 0 Å². The Hall–Kier alpha value is -3.85. The molecule has 1 amide bonds. The van der Waals surface area contributed by atoms with Gasteiger partial charge in [-0.05, 0) is 30.3 Å². The molecule has 1 aliphatic heterocycles. The lowest BCUT2D eigenvalue weighted by Crippen LogP contribution is -2.37. The Kier molecular flexibility index (Phi) is 5.01. The van der Waals surface area contributed by atoms with Gasteiger partial charge < -0.3 is 15.0 Å². The van der Waals surface area contributed by atoms with Gasteiger partial charge in [0.15, 0.2) is 11.5 Å². The Bertz CT molecular complexity index is 1240. The molecule has 0 spiro atoms. The van der Waals surface area contributed by atoms with Crippen LogP contribution < -0.4 is 10.2 Å². The number of halogens is 1. The number of nitrogens with one attached hydrogen (secondary N) is 1. The summed E-state index contributed by atoms with van der Waals surface area (Å²) < 4.78 is 21.3. The van der Waals surface area contributed by atoms with Gasteiger partial charge in [-0.1, -0.05) is 12.1 Å². The first kappa shape index (κ1) is 19.1. The number of amides is 1. The van der Waals surface area contributed by atoms with Crippen LogP contribution in [0, 0.1) is 5.82 Å². The molecule has 4 aromatic rings. The number of anilines is 2. The van der Waals surface area contributed by atoms with Crippen molar-refractivity contribution in [1.29, 1.82) is 0 Å². The lowest BCUT2D eigenvalue weighted by atomic mass is 10.1. The van der Waals surface area contributed by atoms with E-state index in [1.54, 1.807) is 55.0 Å². The van der Waals surface area contributed by atoms with Gasteiger partial charge in [-0.3, -0.25) is 9.78 Å². The molecule has 4 heterocycles. The highest BCUT2D eigenvalue weighted by Crippen LogP contribution is 2.25. The Morgan fingerprint density at radius 3 is 2.74 bits per heavy atom. The maximum atomic E-state index is 14.3. The van der Waals surface area contributed by atoms with Gasteiger partial charge in [0.05, 0.1) is 42.6 Å². The Morgan fingerprint density at radius 1 is 1.13 bits per heavy atom. The third kappa shape index (κ3) is 3.82. The number of aromatic nitrogens is 4. The number of imidazole rings is 1. The van der Waals surface area contributed by atoms with Crippen LogP contribution in [0.2, 0.25) is 0 Å². The molecule has 8 nitrogen and oxygen atoms in total. The van der Waals surface area contributed by atoms with Crippen LogP contribution in [0.3, 0.4) is 0 Å². The van der Waals surface area contributed by atoms with Crippen LogP contribution in [0.15, 0.2) is 61.1 Å². The average molecular weight is 418 g/mol. The fourth-order valence-electron chi connectivity index (χ4n) is 3.51. The van der Waals surface area contributed by atoms with Crippen molar-refractivity contribution < 1.29 is 13.9 Å². The molecular weight excluding hydrogens is 399 g/mol. The summed E-state index contributed by atoms with van der Waals surface area (Å²) in [6.45, 7) is 2.50. The summed E-state index contributed by atoms with van der Waals surface area (Å²) in [5, 5.41) is 7.48. The van der Waals surface area contributed by atoms with E-state index in [2.05, 4.69) is 20.4 Å². The second-order valence-corrected chi connectivity index (χ2v) is 7.09. The van der Waals surface area contributed by atoms with Gasteiger partial charge in [-0.15, -0.1) is 5.10 Å². The Balaban J connectivity index is 1.61. The summed E-state index contributed by atoms with van der Waals surface area (Å²) in [5.41, 5.74) is 2.00. The summed E-state index contributed by atoms with van der Waals surface area (Å²) in [6, 6.07) is 11.6. The highest BCUT2D eigenvalue weighted by molar-refractivity contribution is 6.08. The first-order chi connectivity index (χ1) is 15.2. The second kappa shape index (κ2) is 8.11. The van der Waals surface area contributed by atoms with Crippen LogP contribution >= 0.6 is 0 Å². The first-order valence-corrected chi connectivity index (χ1v) is 9.88. The van der Waals surface area contributed by atoms with Gasteiger partial charge >= 0.3 is 0 Å². The van der Waals surface area contributed by atoms with Crippen molar-refractivity contribution in [3.63, 3.8) is 0 Å². The van der Waals surface area contributed by atoms with Crippen molar-refractivity contribution in [1.82, 2.24) is 19.6 Å².